The molecule has 0 aromatic heterocycles. The predicted molar refractivity (Wildman–Crippen MR) is 72.9 cm³/mol. The molecular weight excluding hydrogens is 305 g/mol. The number of hydrogen-bond acceptors (Lipinski definition) is 0. The van der Waals surface area contributed by atoms with Crippen LogP contribution in [0.25, 0.3) is 0 Å². The van der Waals surface area contributed by atoms with Gasteiger partial charge in [0, 0.05) is 7.92 Å². The van der Waals surface area contributed by atoms with E-state index in [-0.39, 0.29) is 0 Å². The first-order chi connectivity index (χ1) is 8.09. The van der Waals surface area contributed by atoms with Gasteiger partial charge in [-0.1, -0.05) is 60.7 Å². The van der Waals surface area contributed by atoms with E-state index in [0.717, 1.165) is 0 Å². The third kappa shape index (κ3) is 3.11. The van der Waals surface area contributed by atoms with Crippen molar-refractivity contribution >= 4 is 34.5 Å². The average Bonchev–Trinajstić information content (AvgIpc) is 2.30. The standard InChI is InChI=1S/C13H10BrF2P/c14-13(15,16)17(11-7-3-1-4-8-11)12-9-5-2-6-10-12/h1-10H. The van der Waals surface area contributed by atoms with Gasteiger partial charge in [0.1, 0.15) is 0 Å². The van der Waals surface area contributed by atoms with Crippen LogP contribution in [0.5, 0.6) is 0 Å². The van der Waals surface area contributed by atoms with Crippen LogP contribution >= 0.6 is 23.9 Å². The summed E-state index contributed by atoms with van der Waals surface area (Å²) in [5.74, 6) is 0. The highest BCUT2D eigenvalue weighted by Gasteiger charge is 2.38. The van der Waals surface area contributed by atoms with Crippen LogP contribution in [-0.4, -0.2) is 4.57 Å². The first-order valence-corrected chi connectivity index (χ1v) is 7.19. The monoisotopic (exact) mass is 314 g/mol. The van der Waals surface area contributed by atoms with Crippen LogP contribution in [0, 0.1) is 0 Å². The molecule has 0 fully saturated rings. The molecule has 2 aromatic carbocycles. The molecule has 2 aromatic rings. The topological polar surface area (TPSA) is 0 Å². The molecule has 0 N–H and O–H groups in total. The van der Waals surface area contributed by atoms with E-state index < -0.39 is 12.5 Å². The van der Waals surface area contributed by atoms with Crippen LogP contribution < -0.4 is 10.6 Å². The number of benzene rings is 2. The summed E-state index contributed by atoms with van der Waals surface area (Å²) in [7, 11) is -1.71. The molecule has 0 aliphatic heterocycles. The molecule has 2 rings (SSSR count). The highest BCUT2D eigenvalue weighted by Crippen LogP contribution is 2.54. The van der Waals surface area contributed by atoms with Gasteiger partial charge in [-0.25, -0.2) is 0 Å². The molecule has 0 unspecified atom stereocenters. The maximum Gasteiger partial charge on any atom is 0.325 e. The Balaban J connectivity index is 2.48. The third-order valence-corrected chi connectivity index (χ3v) is 5.48. The molecule has 0 bridgehead atoms. The first-order valence-electron chi connectivity index (χ1n) is 5.06. The zero-order valence-electron chi connectivity index (χ0n) is 8.85. The van der Waals surface area contributed by atoms with Crippen LogP contribution in [0.15, 0.2) is 60.7 Å². The third-order valence-electron chi connectivity index (χ3n) is 2.28. The van der Waals surface area contributed by atoms with Crippen molar-refractivity contribution in [2.45, 2.75) is 4.57 Å². The van der Waals surface area contributed by atoms with Gasteiger partial charge in [0.05, 0.1) is 0 Å². The minimum absolute atomic E-state index is 0.663. The van der Waals surface area contributed by atoms with E-state index >= 15 is 0 Å². The number of hydrogen-bond donors (Lipinski definition) is 0. The molecule has 0 aliphatic rings. The summed E-state index contributed by atoms with van der Waals surface area (Å²) in [6.07, 6.45) is 0. The van der Waals surface area contributed by atoms with E-state index in [9.17, 15) is 8.78 Å². The molecule has 0 aliphatic carbocycles. The zero-order valence-corrected chi connectivity index (χ0v) is 11.3. The molecule has 0 heterocycles. The lowest BCUT2D eigenvalue weighted by molar-refractivity contribution is 0.215. The minimum atomic E-state index is -2.90. The van der Waals surface area contributed by atoms with E-state index in [1.807, 2.05) is 12.1 Å². The van der Waals surface area contributed by atoms with Gasteiger partial charge in [-0.2, -0.15) is 8.78 Å². The Morgan fingerprint density at radius 1 is 0.765 bits per heavy atom. The fourth-order valence-corrected chi connectivity index (χ4v) is 4.65. The molecular formula is C13H10BrF2P. The molecule has 0 radical (unpaired) electrons. The summed E-state index contributed by atoms with van der Waals surface area (Å²) in [5, 5.41) is 1.33. The average molecular weight is 315 g/mol. The Bertz CT molecular complexity index is 428. The highest BCUT2D eigenvalue weighted by molar-refractivity contribution is 9.11. The van der Waals surface area contributed by atoms with E-state index in [1.165, 1.54) is 0 Å². The second-order valence-corrected chi connectivity index (χ2v) is 7.35. The number of alkyl halides is 3. The molecule has 88 valence electrons. The van der Waals surface area contributed by atoms with Crippen molar-refractivity contribution in [2.75, 3.05) is 0 Å². The minimum Gasteiger partial charge on any atom is -0.188 e. The van der Waals surface area contributed by atoms with Crippen LogP contribution in [0.3, 0.4) is 0 Å². The fourth-order valence-electron chi connectivity index (χ4n) is 1.60. The van der Waals surface area contributed by atoms with E-state index in [4.69, 9.17) is 0 Å². The smallest absolute Gasteiger partial charge is 0.188 e. The summed E-state index contributed by atoms with van der Waals surface area (Å²) in [6, 6.07) is 17.8. The zero-order chi connectivity index (χ0) is 12.3. The summed E-state index contributed by atoms with van der Waals surface area (Å²) in [5.41, 5.74) is 0. The summed E-state index contributed by atoms with van der Waals surface area (Å²) in [4.78, 5) is 0. The number of rotatable bonds is 3. The van der Waals surface area contributed by atoms with Crippen molar-refractivity contribution in [3.63, 3.8) is 0 Å². The van der Waals surface area contributed by atoms with Gasteiger partial charge in [-0.3, -0.25) is 0 Å². The second kappa shape index (κ2) is 5.24. The van der Waals surface area contributed by atoms with Crippen molar-refractivity contribution in [3.8, 4) is 0 Å². The molecule has 0 atom stereocenters. The fraction of sp³-hybridized carbons (Fsp3) is 0.0769. The molecule has 4 heteroatoms. The Kier molecular flexibility index (Phi) is 3.90. The molecule has 0 amide bonds. The molecule has 17 heavy (non-hydrogen) atoms. The van der Waals surface area contributed by atoms with Crippen molar-refractivity contribution in [3.05, 3.63) is 60.7 Å². The molecule has 0 saturated carbocycles. The van der Waals surface area contributed by atoms with Crippen molar-refractivity contribution in [2.24, 2.45) is 0 Å². The first kappa shape index (κ1) is 12.7. The maximum absolute atomic E-state index is 13.7. The maximum atomic E-state index is 13.7. The van der Waals surface area contributed by atoms with Gasteiger partial charge < -0.3 is 0 Å². The molecule has 0 spiro atoms. The summed E-state index contributed by atoms with van der Waals surface area (Å²) >= 11 is 2.51. The lowest BCUT2D eigenvalue weighted by Crippen LogP contribution is -2.21. The van der Waals surface area contributed by atoms with Crippen molar-refractivity contribution in [1.82, 2.24) is 0 Å². The Labute approximate surface area is 109 Å². The summed E-state index contributed by atoms with van der Waals surface area (Å²) < 4.78 is 24.5. The normalized spacial score (nSPS) is 11.8. The van der Waals surface area contributed by atoms with Crippen LogP contribution in [-0.2, 0) is 0 Å². The van der Waals surface area contributed by atoms with Gasteiger partial charge in [-0.15, -0.1) is 0 Å². The van der Waals surface area contributed by atoms with E-state index in [0.29, 0.717) is 10.6 Å². The largest absolute Gasteiger partial charge is 0.325 e. The Morgan fingerprint density at radius 2 is 1.12 bits per heavy atom. The quantitative estimate of drug-likeness (QED) is 0.592. The van der Waals surface area contributed by atoms with Crippen LogP contribution in [0.1, 0.15) is 0 Å². The Morgan fingerprint density at radius 3 is 1.41 bits per heavy atom. The van der Waals surface area contributed by atoms with Gasteiger partial charge in [0.15, 0.2) is 0 Å². The van der Waals surface area contributed by atoms with Gasteiger partial charge >= 0.3 is 4.57 Å². The van der Waals surface area contributed by atoms with Gasteiger partial charge in [0.2, 0.25) is 0 Å². The lowest BCUT2D eigenvalue weighted by Gasteiger charge is -2.23. The number of halogens is 3. The van der Waals surface area contributed by atoms with Gasteiger partial charge in [0.25, 0.3) is 0 Å². The SMILES string of the molecule is FC(F)(Br)P(c1ccccc1)c1ccccc1. The molecule has 0 saturated heterocycles. The van der Waals surface area contributed by atoms with Crippen LogP contribution in [0.4, 0.5) is 8.78 Å². The lowest BCUT2D eigenvalue weighted by atomic mass is 10.4. The van der Waals surface area contributed by atoms with Gasteiger partial charge in [-0.05, 0) is 26.5 Å². The van der Waals surface area contributed by atoms with E-state index in [2.05, 4.69) is 15.9 Å². The second-order valence-electron chi connectivity index (χ2n) is 3.47. The van der Waals surface area contributed by atoms with E-state index in [1.54, 1.807) is 48.5 Å². The van der Waals surface area contributed by atoms with Crippen molar-refractivity contribution in [1.29, 1.82) is 0 Å². The predicted octanol–water partition coefficient (Wildman–Crippen LogP) is 4.06. The van der Waals surface area contributed by atoms with Crippen LogP contribution in [0.2, 0.25) is 0 Å². The molecule has 0 nitrogen and oxygen atoms in total. The summed E-state index contributed by atoms with van der Waals surface area (Å²) in [6.45, 7) is 0. The van der Waals surface area contributed by atoms with Crippen molar-refractivity contribution < 1.29 is 8.78 Å². The highest BCUT2D eigenvalue weighted by atomic mass is 79.9. The Hall–Kier alpha value is -0.790.